The Hall–Kier alpha value is -1.65. The van der Waals surface area contributed by atoms with Crippen LogP contribution < -0.4 is 0 Å². The van der Waals surface area contributed by atoms with E-state index in [4.69, 9.17) is 0 Å². The average Bonchev–Trinajstić information content (AvgIpc) is 2.68. The van der Waals surface area contributed by atoms with Gasteiger partial charge in [0.05, 0.1) is 11.8 Å². The van der Waals surface area contributed by atoms with Crippen molar-refractivity contribution in [2.75, 3.05) is 0 Å². The first kappa shape index (κ1) is 12.8. The summed E-state index contributed by atoms with van der Waals surface area (Å²) in [6, 6.07) is 11.1. The van der Waals surface area contributed by atoms with Crippen LogP contribution >= 0.6 is 0 Å². The number of aliphatic hydroxyl groups is 2. The van der Waals surface area contributed by atoms with Gasteiger partial charge in [-0.15, -0.1) is 0 Å². The van der Waals surface area contributed by atoms with Gasteiger partial charge in [0.25, 0.3) is 0 Å². The SMILES string of the molecule is Cc1cc(CC(O)C(O)c2ccccc2)n(C)n1. The van der Waals surface area contributed by atoms with Crippen molar-refractivity contribution in [1.29, 1.82) is 0 Å². The molecule has 0 bridgehead atoms. The number of hydrogen-bond donors (Lipinski definition) is 2. The molecule has 0 fully saturated rings. The number of aliphatic hydroxyl groups excluding tert-OH is 2. The van der Waals surface area contributed by atoms with Crippen molar-refractivity contribution in [2.24, 2.45) is 7.05 Å². The Balaban J connectivity index is 2.08. The predicted molar refractivity (Wildman–Crippen MR) is 69.1 cm³/mol. The molecule has 0 saturated heterocycles. The number of nitrogens with zero attached hydrogens (tertiary/aromatic N) is 2. The fourth-order valence-corrected chi connectivity index (χ4v) is 2.05. The summed E-state index contributed by atoms with van der Waals surface area (Å²) in [7, 11) is 1.84. The van der Waals surface area contributed by atoms with Gasteiger partial charge in [0.15, 0.2) is 0 Å². The van der Waals surface area contributed by atoms with E-state index in [0.29, 0.717) is 6.42 Å². The van der Waals surface area contributed by atoms with Crippen molar-refractivity contribution in [3.05, 3.63) is 53.3 Å². The molecule has 0 saturated carbocycles. The van der Waals surface area contributed by atoms with Gasteiger partial charge in [0.1, 0.15) is 6.10 Å². The van der Waals surface area contributed by atoms with Crippen LogP contribution in [0.2, 0.25) is 0 Å². The molecule has 0 aliphatic rings. The fourth-order valence-electron chi connectivity index (χ4n) is 2.05. The predicted octanol–water partition coefficient (Wildman–Crippen LogP) is 1.37. The van der Waals surface area contributed by atoms with Gasteiger partial charge >= 0.3 is 0 Å². The summed E-state index contributed by atoms with van der Waals surface area (Å²) in [5.74, 6) is 0. The van der Waals surface area contributed by atoms with E-state index in [1.165, 1.54) is 0 Å². The Kier molecular flexibility index (Phi) is 3.79. The quantitative estimate of drug-likeness (QED) is 0.856. The molecule has 0 radical (unpaired) electrons. The average molecular weight is 246 g/mol. The maximum atomic E-state index is 10.1. The molecule has 2 rings (SSSR count). The number of aromatic nitrogens is 2. The highest BCUT2D eigenvalue weighted by Gasteiger charge is 2.20. The fraction of sp³-hybridized carbons (Fsp3) is 0.357. The molecule has 2 aromatic rings. The summed E-state index contributed by atoms with van der Waals surface area (Å²) < 4.78 is 1.73. The van der Waals surface area contributed by atoms with Crippen molar-refractivity contribution in [1.82, 2.24) is 9.78 Å². The van der Waals surface area contributed by atoms with E-state index in [0.717, 1.165) is 17.0 Å². The zero-order valence-corrected chi connectivity index (χ0v) is 10.6. The molecule has 4 nitrogen and oxygen atoms in total. The Labute approximate surface area is 107 Å². The lowest BCUT2D eigenvalue weighted by atomic mass is 10.0. The highest BCUT2D eigenvalue weighted by molar-refractivity contribution is 5.19. The lowest BCUT2D eigenvalue weighted by molar-refractivity contribution is 0.0179. The Morgan fingerprint density at radius 2 is 1.89 bits per heavy atom. The van der Waals surface area contributed by atoms with Crippen LogP contribution in [0.15, 0.2) is 36.4 Å². The minimum atomic E-state index is -0.874. The second kappa shape index (κ2) is 5.33. The molecule has 0 amide bonds. The van der Waals surface area contributed by atoms with E-state index in [2.05, 4.69) is 5.10 Å². The molecule has 2 N–H and O–H groups in total. The Bertz CT molecular complexity index is 508. The lowest BCUT2D eigenvalue weighted by Gasteiger charge is -2.18. The first-order valence-electron chi connectivity index (χ1n) is 5.98. The van der Waals surface area contributed by atoms with E-state index >= 15 is 0 Å². The highest BCUT2D eigenvalue weighted by atomic mass is 16.3. The van der Waals surface area contributed by atoms with Crippen LogP contribution in [0.3, 0.4) is 0 Å². The van der Waals surface area contributed by atoms with Gasteiger partial charge in [-0.05, 0) is 18.6 Å². The smallest absolute Gasteiger partial charge is 0.105 e. The summed E-state index contributed by atoms with van der Waals surface area (Å²) in [6.07, 6.45) is -1.32. The van der Waals surface area contributed by atoms with Crippen LogP contribution in [0.1, 0.15) is 23.1 Å². The first-order valence-corrected chi connectivity index (χ1v) is 5.98. The van der Waals surface area contributed by atoms with Gasteiger partial charge in [-0.1, -0.05) is 30.3 Å². The van der Waals surface area contributed by atoms with Gasteiger partial charge in [0.2, 0.25) is 0 Å². The molecule has 2 unspecified atom stereocenters. The van der Waals surface area contributed by atoms with Crippen LogP contribution in [-0.4, -0.2) is 26.1 Å². The molecule has 0 spiro atoms. The van der Waals surface area contributed by atoms with Crippen LogP contribution in [0.5, 0.6) is 0 Å². The van der Waals surface area contributed by atoms with E-state index in [9.17, 15) is 10.2 Å². The molecule has 2 atom stereocenters. The van der Waals surface area contributed by atoms with Crippen LogP contribution in [-0.2, 0) is 13.5 Å². The largest absolute Gasteiger partial charge is 0.390 e. The molecule has 1 aromatic carbocycles. The van der Waals surface area contributed by atoms with E-state index < -0.39 is 12.2 Å². The maximum absolute atomic E-state index is 10.1. The molecule has 96 valence electrons. The monoisotopic (exact) mass is 246 g/mol. The third-order valence-corrected chi connectivity index (χ3v) is 3.02. The molecular weight excluding hydrogens is 228 g/mol. The van der Waals surface area contributed by atoms with Gasteiger partial charge in [-0.2, -0.15) is 5.10 Å². The summed E-state index contributed by atoms with van der Waals surface area (Å²) in [4.78, 5) is 0. The maximum Gasteiger partial charge on any atom is 0.105 e. The second-order valence-corrected chi connectivity index (χ2v) is 4.53. The Morgan fingerprint density at radius 1 is 1.22 bits per heavy atom. The molecule has 0 aliphatic carbocycles. The molecule has 1 aromatic heterocycles. The standard InChI is InChI=1S/C14H18N2O2/c1-10-8-12(16(2)15-10)9-13(17)14(18)11-6-4-3-5-7-11/h3-8,13-14,17-18H,9H2,1-2H3. The number of aryl methyl sites for hydroxylation is 2. The van der Waals surface area contributed by atoms with E-state index in [1.807, 2.05) is 50.4 Å². The van der Waals surface area contributed by atoms with Crippen molar-refractivity contribution in [2.45, 2.75) is 25.6 Å². The topological polar surface area (TPSA) is 58.3 Å². The van der Waals surface area contributed by atoms with Crippen LogP contribution in [0.4, 0.5) is 0 Å². The number of rotatable bonds is 4. The highest BCUT2D eigenvalue weighted by Crippen LogP contribution is 2.19. The first-order chi connectivity index (χ1) is 8.58. The van der Waals surface area contributed by atoms with Crippen molar-refractivity contribution < 1.29 is 10.2 Å². The van der Waals surface area contributed by atoms with Gasteiger partial charge in [-0.25, -0.2) is 0 Å². The molecular formula is C14H18N2O2. The van der Waals surface area contributed by atoms with Crippen molar-refractivity contribution in [3.8, 4) is 0 Å². The summed E-state index contributed by atoms with van der Waals surface area (Å²) in [5, 5.41) is 24.4. The van der Waals surface area contributed by atoms with E-state index in [1.54, 1.807) is 4.68 Å². The normalized spacial score (nSPS) is 14.4. The van der Waals surface area contributed by atoms with Gasteiger partial charge in [-0.3, -0.25) is 4.68 Å². The van der Waals surface area contributed by atoms with Crippen LogP contribution in [0, 0.1) is 6.92 Å². The zero-order valence-electron chi connectivity index (χ0n) is 10.6. The lowest BCUT2D eigenvalue weighted by Crippen LogP contribution is -2.22. The third kappa shape index (κ3) is 2.78. The van der Waals surface area contributed by atoms with Gasteiger partial charge < -0.3 is 10.2 Å². The van der Waals surface area contributed by atoms with Crippen LogP contribution in [0.25, 0.3) is 0 Å². The molecule has 4 heteroatoms. The Morgan fingerprint density at radius 3 is 2.44 bits per heavy atom. The summed E-state index contributed by atoms with van der Waals surface area (Å²) in [6.45, 7) is 1.91. The van der Waals surface area contributed by atoms with E-state index in [-0.39, 0.29) is 0 Å². The molecule has 18 heavy (non-hydrogen) atoms. The van der Waals surface area contributed by atoms with Gasteiger partial charge in [0, 0.05) is 19.2 Å². The number of benzene rings is 1. The zero-order chi connectivity index (χ0) is 13.1. The number of hydrogen-bond acceptors (Lipinski definition) is 3. The van der Waals surface area contributed by atoms with Crippen molar-refractivity contribution >= 4 is 0 Å². The summed E-state index contributed by atoms with van der Waals surface area (Å²) in [5.41, 5.74) is 2.55. The molecule has 1 heterocycles. The third-order valence-electron chi connectivity index (χ3n) is 3.02. The minimum absolute atomic E-state index is 0.382. The van der Waals surface area contributed by atoms with Crippen molar-refractivity contribution in [3.63, 3.8) is 0 Å². The molecule has 0 aliphatic heterocycles. The summed E-state index contributed by atoms with van der Waals surface area (Å²) >= 11 is 0. The second-order valence-electron chi connectivity index (χ2n) is 4.53. The minimum Gasteiger partial charge on any atom is -0.390 e.